The molecular weight excluding hydrogens is 332 g/mol. The molecule has 0 bridgehead atoms. The predicted molar refractivity (Wildman–Crippen MR) is 105 cm³/mol. The molecule has 0 aliphatic heterocycles. The lowest BCUT2D eigenvalue weighted by molar-refractivity contribution is 0.0506. The zero-order chi connectivity index (χ0) is 18.3. The minimum Gasteiger partial charge on any atom is -0.444 e. The number of carbonyl (C=O) groups is 1. The van der Waals surface area contributed by atoms with Gasteiger partial charge in [-0.3, -0.25) is 0 Å². The SMILES string of the molecule is CC(CCNCc1ccc(-c2ccccc2)s1)NC(=O)OC(C)(C)C. The second-order valence-corrected chi connectivity index (χ2v) is 8.31. The molecule has 0 radical (unpaired) electrons. The standard InChI is InChI=1S/C20H28N2O2S/c1-15(22-19(23)24-20(2,3)4)12-13-21-14-17-10-11-18(25-17)16-8-6-5-7-9-16/h5-11,15,21H,12-14H2,1-4H3,(H,22,23). The largest absolute Gasteiger partial charge is 0.444 e. The Morgan fingerprint density at radius 3 is 2.56 bits per heavy atom. The lowest BCUT2D eigenvalue weighted by Gasteiger charge is -2.22. The van der Waals surface area contributed by atoms with Gasteiger partial charge in [0.15, 0.2) is 0 Å². The number of thiophene rings is 1. The fourth-order valence-electron chi connectivity index (χ4n) is 2.34. The molecule has 0 fully saturated rings. The molecule has 1 unspecified atom stereocenters. The molecule has 25 heavy (non-hydrogen) atoms. The monoisotopic (exact) mass is 360 g/mol. The molecular formula is C20H28N2O2S. The highest BCUT2D eigenvalue weighted by Crippen LogP contribution is 2.27. The molecule has 1 aromatic carbocycles. The van der Waals surface area contributed by atoms with Crippen molar-refractivity contribution in [2.45, 2.75) is 52.3 Å². The molecule has 2 aromatic rings. The molecule has 5 heteroatoms. The molecule has 0 saturated heterocycles. The molecule has 1 heterocycles. The number of rotatable bonds is 7. The summed E-state index contributed by atoms with van der Waals surface area (Å²) in [7, 11) is 0. The molecule has 4 nitrogen and oxygen atoms in total. The van der Waals surface area contributed by atoms with Gasteiger partial charge >= 0.3 is 6.09 Å². The Labute approximate surface area is 154 Å². The van der Waals surface area contributed by atoms with E-state index in [0.29, 0.717) is 0 Å². The first kappa shape index (κ1) is 19.5. The quantitative estimate of drug-likeness (QED) is 0.697. The van der Waals surface area contributed by atoms with Gasteiger partial charge in [0.1, 0.15) is 5.60 Å². The molecule has 0 aliphatic rings. The van der Waals surface area contributed by atoms with E-state index in [1.807, 2.05) is 45.1 Å². The van der Waals surface area contributed by atoms with Crippen LogP contribution in [0.5, 0.6) is 0 Å². The van der Waals surface area contributed by atoms with Crippen molar-refractivity contribution < 1.29 is 9.53 Å². The Morgan fingerprint density at radius 2 is 1.88 bits per heavy atom. The lowest BCUT2D eigenvalue weighted by Crippen LogP contribution is -2.38. The van der Waals surface area contributed by atoms with Gasteiger partial charge in [0.25, 0.3) is 0 Å². The Morgan fingerprint density at radius 1 is 1.16 bits per heavy atom. The first-order valence-corrected chi connectivity index (χ1v) is 9.49. The minimum absolute atomic E-state index is 0.0746. The number of alkyl carbamates (subject to hydrolysis) is 1. The van der Waals surface area contributed by atoms with Crippen LogP contribution in [0.15, 0.2) is 42.5 Å². The van der Waals surface area contributed by atoms with Gasteiger partial charge in [-0.25, -0.2) is 4.79 Å². The summed E-state index contributed by atoms with van der Waals surface area (Å²) >= 11 is 1.81. The summed E-state index contributed by atoms with van der Waals surface area (Å²) in [4.78, 5) is 14.3. The fourth-order valence-corrected chi connectivity index (χ4v) is 3.32. The molecule has 1 amide bonds. The van der Waals surface area contributed by atoms with E-state index in [4.69, 9.17) is 4.74 Å². The summed E-state index contributed by atoms with van der Waals surface area (Å²) in [6, 6.07) is 14.8. The molecule has 2 rings (SSSR count). The van der Waals surface area contributed by atoms with E-state index in [-0.39, 0.29) is 12.1 Å². The summed E-state index contributed by atoms with van der Waals surface area (Å²) in [5, 5.41) is 6.30. The van der Waals surface area contributed by atoms with Crippen LogP contribution >= 0.6 is 11.3 Å². The maximum Gasteiger partial charge on any atom is 0.407 e. The van der Waals surface area contributed by atoms with Crippen LogP contribution in [0.3, 0.4) is 0 Å². The first-order chi connectivity index (χ1) is 11.8. The van der Waals surface area contributed by atoms with Crippen LogP contribution in [0.25, 0.3) is 10.4 Å². The molecule has 0 aliphatic carbocycles. The number of benzene rings is 1. The van der Waals surface area contributed by atoms with Crippen molar-refractivity contribution in [1.29, 1.82) is 0 Å². The van der Waals surface area contributed by atoms with Gasteiger partial charge in [-0.05, 0) is 58.4 Å². The second kappa shape index (κ2) is 9.02. The van der Waals surface area contributed by atoms with Crippen LogP contribution in [-0.4, -0.2) is 24.3 Å². The normalized spacial score (nSPS) is 12.6. The number of hydrogen-bond donors (Lipinski definition) is 2. The second-order valence-electron chi connectivity index (χ2n) is 7.14. The molecule has 136 valence electrons. The van der Waals surface area contributed by atoms with Crippen LogP contribution in [0.4, 0.5) is 4.79 Å². The number of carbonyl (C=O) groups excluding carboxylic acids is 1. The minimum atomic E-state index is -0.461. The maximum atomic E-state index is 11.7. The van der Waals surface area contributed by atoms with Gasteiger partial charge in [-0.1, -0.05) is 30.3 Å². The van der Waals surface area contributed by atoms with Gasteiger partial charge in [0, 0.05) is 22.3 Å². The lowest BCUT2D eigenvalue weighted by atomic mass is 10.2. The predicted octanol–water partition coefficient (Wildman–Crippen LogP) is 4.81. The van der Waals surface area contributed by atoms with E-state index in [1.54, 1.807) is 0 Å². The van der Waals surface area contributed by atoms with Crippen molar-refractivity contribution in [2.24, 2.45) is 0 Å². The third-order valence-electron chi connectivity index (χ3n) is 3.54. The Hall–Kier alpha value is -1.85. The summed E-state index contributed by atoms with van der Waals surface area (Å²) in [5.41, 5.74) is 0.798. The summed E-state index contributed by atoms with van der Waals surface area (Å²) in [5.74, 6) is 0. The van der Waals surface area contributed by atoms with Gasteiger partial charge in [-0.15, -0.1) is 11.3 Å². The van der Waals surface area contributed by atoms with Crippen LogP contribution in [-0.2, 0) is 11.3 Å². The number of ether oxygens (including phenoxy) is 1. The molecule has 1 atom stereocenters. The summed E-state index contributed by atoms with van der Waals surface area (Å²) in [6.07, 6.45) is 0.502. The van der Waals surface area contributed by atoms with Gasteiger partial charge in [0.2, 0.25) is 0 Å². The van der Waals surface area contributed by atoms with Crippen molar-refractivity contribution >= 4 is 17.4 Å². The summed E-state index contributed by atoms with van der Waals surface area (Å²) in [6.45, 7) is 9.27. The molecule has 2 N–H and O–H groups in total. The summed E-state index contributed by atoms with van der Waals surface area (Å²) < 4.78 is 5.26. The van der Waals surface area contributed by atoms with Gasteiger partial charge < -0.3 is 15.4 Å². The van der Waals surface area contributed by atoms with E-state index in [2.05, 4.69) is 47.0 Å². The van der Waals surface area contributed by atoms with Crippen LogP contribution < -0.4 is 10.6 Å². The van der Waals surface area contributed by atoms with E-state index in [1.165, 1.54) is 15.3 Å². The zero-order valence-electron chi connectivity index (χ0n) is 15.5. The number of amides is 1. The maximum absolute atomic E-state index is 11.7. The van der Waals surface area contributed by atoms with E-state index >= 15 is 0 Å². The van der Waals surface area contributed by atoms with Crippen molar-refractivity contribution in [3.63, 3.8) is 0 Å². The number of nitrogens with one attached hydrogen (secondary N) is 2. The molecule has 0 spiro atoms. The Balaban J connectivity index is 1.68. The van der Waals surface area contributed by atoms with Gasteiger partial charge in [-0.2, -0.15) is 0 Å². The van der Waals surface area contributed by atoms with Crippen molar-refractivity contribution in [2.75, 3.05) is 6.54 Å². The van der Waals surface area contributed by atoms with Crippen molar-refractivity contribution in [1.82, 2.24) is 10.6 Å². The van der Waals surface area contributed by atoms with Gasteiger partial charge in [0.05, 0.1) is 0 Å². The van der Waals surface area contributed by atoms with Crippen molar-refractivity contribution in [3.05, 3.63) is 47.3 Å². The Kier molecular flexibility index (Phi) is 7.02. The topological polar surface area (TPSA) is 50.4 Å². The van der Waals surface area contributed by atoms with Crippen molar-refractivity contribution in [3.8, 4) is 10.4 Å². The van der Waals surface area contributed by atoms with E-state index in [9.17, 15) is 4.79 Å². The van der Waals surface area contributed by atoms with Crippen LogP contribution in [0.1, 0.15) is 39.0 Å². The fraction of sp³-hybridized carbons (Fsp3) is 0.450. The third-order valence-corrected chi connectivity index (χ3v) is 4.67. The highest BCUT2D eigenvalue weighted by Gasteiger charge is 2.17. The third kappa shape index (κ3) is 7.28. The first-order valence-electron chi connectivity index (χ1n) is 8.68. The average Bonchev–Trinajstić information content (AvgIpc) is 2.99. The Bertz CT molecular complexity index is 662. The molecule has 0 saturated carbocycles. The van der Waals surface area contributed by atoms with Crippen LogP contribution in [0, 0.1) is 0 Å². The highest BCUT2D eigenvalue weighted by atomic mass is 32.1. The smallest absolute Gasteiger partial charge is 0.407 e. The van der Waals surface area contributed by atoms with E-state index < -0.39 is 5.60 Å². The van der Waals surface area contributed by atoms with E-state index in [0.717, 1.165) is 19.5 Å². The average molecular weight is 361 g/mol. The zero-order valence-corrected chi connectivity index (χ0v) is 16.3. The number of hydrogen-bond acceptors (Lipinski definition) is 4. The van der Waals surface area contributed by atoms with Crippen LogP contribution in [0.2, 0.25) is 0 Å². The molecule has 1 aromatic heterocycles. The highest BCUT2D eigenvalue weighted by molar-refractivity contribution is 7.15.